The number of nitrogens with one attached hydrogen (secondary N) is 1. The fourth-order valence-electron chi connectivity index (χ4n) is 3.95. The SMILES string of the molecule is Cc1ccc(CN(C(=O)CCc2ccccc2Cl)[C@H](Cc2ccccc2)C(=O)NCC(C)C)cc1. The molecular weight excluding hydrogens is 456 g/mol. The van der Waals surface area contributed by atoms with E-state index in [0.29, 0.717) is 36.9 Å². The third-order valence-electron chi connectivity index (χ3n) is 6.00. The standard InChI is InChI=1S/C30H35ClN2O2/c1-22(2)20-32-30(35)28(19-24-9-5-4-6-10-24)33(21-25-15-13-23(3)14-16-25)29(34)18-17-26-11-7-8-12-27(26)31/h4-16,22,28H,17-21H2,1-3H3,(H,32,35)/t28-/m1/s1. The molecule has 0 heterocycles. The molecule has 0 bridgehead atoms. The molecule has 0 saturated heterocycles. The van der Waals surface area contributed by atoms with Crippen LogP contribution < -0.4 is 5.32 Å². The van der Waals surface area contributed by atoms with Gasteiger partial charge in [0.15, 0.2) is 0 Å². The summed E-state index contributed by atoms with van der Waals surface area (Å²) in [5.74, 6) is 0.129. The minimum absolute atomic E-state index is 0.0638. The fourth-order valence-corrected chi connectivity index (χ4v) is 4.18. The Kier molecular flexibility index (Phi) is 9.92. The summed E-state index contributed by atoms with van der Waals surface area (Å²) < 4.78 is 0. The highest BCUT2D eigenvalue weighted by molar-refractivity contribution is 6.31. The second-order valence-corrected chi connectivity index (χ2v) is 9.85. The fraction of sp³-hybridized carbons (Fsp3) is 0.333. The Hall–Kier alpha value is -3.11. The average molecular weight is 491 g/mol. The summed E-state index contributed by atoms with van der Waals surface area (Å²) >= 11 is 6.33. The van der Waals surface area contributed by atoms with Gasteiger partial charge in [-0.1, -0.05) is 104 Å². The van der Waals surface area contributed by atoms with Gasteiger partial charge in [-0.15, -0.1) is 0 Å². The number of nitrogens with zero attached hydrogens (tertiary/aromatic N) is 1. The summed E-state index contributed by atoms with van der Waals surface area (Å²) in [6, 6.07) is 25.0. The summed E-state index contributed by atoms with van der Waals surface area (Å²) in [7, 11) is 0. The van der Waals surface area contributed by atoms with Gasteiger partial charge in [-0.25, -0.2) is 0 Å². The summed E-state index contributed by atoms with van der Waals surface area (Å²) in [6.07, 6.45) is 1.25. The Labute approximate surface area is 214 Å². The van der Waals surface area contributed by atoms with E-state index in [0.717, 1.165) is 22.3 Å². The van der Waals surface area contributed by atoms with Gasteiger partial charge in [-0.3, -0.25) is 9.59 Å². The van der Waals surface area contributed by atoms with Gasteiger partial charge < -0.3 is 10.2 Å². The molecular formula is C30H35ClN2O2. The molecule has 0 radical (unpaired) electrons. The van der Waals surface area contributed by atoms with Crippen molar-refractivity contribution in [1.82, 2.24) is 10.2 Å². The predicted molar refractivity (Wildman–Crippen MR) is 143 cm³/mol. The van der Waals surface area contributed by atoms with Gasteiger partial charge in [-0.2, -0.15) is 0 Å². The first-order valence-electron chi connectivity index (χ1n) is 12.2. The van der Waals surface area contributed by atoms with Crippen LogP contribution in [0, 0.1) is 12.8 Å². The molecule has 4 nitrogen and oxygen atoms in total. The number of hydrogen-bond acceptors (Lipinski definition) is 2. The highest BCUT2D eigenvalue weighted by Gasteiger charge is 2.30. The first-order chi connectivity index (χ1) is 16.8. The van der Waals surface area contributed by atoms with Gasteiger partial charge in [-0.05, 0) is 42.0 Å². The lowest BCUT2D eigenvalue weighted by molar-refractivity contribution is -0.141. The van der Waals surface area contributed by atoms with Crippen LogP contribution in [0.25, 0.3) is 0 Å². The Morgan fingerprint density at radius 3 is 2.20 bits per heavy atom. The molecule has 3 aromatic carbocycles. The molecule has 0 spiro atoms. The molecule has 0 aliphatic carbocycles. The van der Waals surface area contributed by atoms with Crippen LogP contribution in [0.1, 0.15) is 42.5 Å². The topological polar surface area (TPSA) is 49.4 Å². The molecule has 184 valence electrons. The number of benzene rings is 3. The predicted octanol–water partition coefficient (Wildman–Crippen LogP) is 5.99. The number of amides is 2. The first kappa shape index (κ1) is 26.5. The van der Waals surface area contributed by atoms with Crippen molar-refractivity contribution in [2.45, 2.75) is 52.6 Å². The van der Waals surface area contributed by atoms with Crippen LogP contribution in [0.5, 0.6) is 0 Å². The van der Waals surface area contributed by atoms with Crippen LogP contribution in [-0.4, -0.2) is 29.3 Å². The van der Waals surface area contributed by atoms with Crippen molar-refractivity contribution < 1.29 is 9.59 Å². The van der Waals surface area contributed by atoms with E-state index in [9.17, 15) is 9.59 Å². The maximum Gasteiger partial charge on any atom is 0.243 e. The van der Waals surface area contributed by atoms with E-state index in [-0.39, 0.29) is 18.2 Å². The Morgan fingerprint density at radius 2 is 1.54 bits per heavy atom. The van der Waals surface area contributed by atoms with Crippen LogP contribution >= 0.6 is 11.6 Å². The Bertz CT molecular complexity index is 1100. The van der Waals surface area contributed by atoms with Crippen molar-refractivity contribution in [3.8, 4) is 0 Å². The molecule has 1 atom stereocenters. The smallest absolute Gasteiger partial charge is 0.243 e. The number of rotatable bonds is 11. The van der Waals surface area contributed by atoms with E-state index in [1.54, 1.807) is 4.90 Å². The molecule has 3 aromatic rings. The lowest BCUT2D eigenvalue weighted by atomic mass is 10.0. The third-order valence-corrected chi connectivity index (χ3v) is 6.36. The molecule has 0 aliphatic rings. The second-order valence-electron chi connectivity index (χ2n) is 9.44. The monoisotopic (exact) mass is 490 g/mol. The molecule has 1 N–H and O–H groups in total. The molecule has 3 rings (SSSR count). The van der Waals surface area contributed by atoms with Crippen LogP contribution in [0.2, 0.25) is 5.02 Å². The van der Waals surface area contributed by atoms with E-state index in [1.807, 2.05) is 85.8 Å². The summed E-state index contributed by atoms with van der Waals surface area (Å²) in [6.45, 7) is 7.09. The van der Waals surface area contributed by atoms with Crippen molar-refractivity contribution in [2.24, 2.45) is 5.92 Å². The lowest BCUT2D eigenvalue weighted by Crippen LogP contribution is -2.51. The van der Waals surface area contributed by atoms with Crippen LogP contribution in [0.3, 0.4) is 0 Å². The van der Waals surface area contributed by atoms with Crippen LogP contribution in [0.15, 0.2) is 78.9 Å². The van der Waals surface area contributed by atoms with Gasteiger partial charge in [0, 0.05) is 31.0 Å². The second kappa shape index (κ2) is 13.1. The van der Waals surface area contributed by atoms with E-state index < -0.39 is 6.04 Å². The number of hydrogen-bond donors (Lipinski definition) is 1. The zero-order valence-corrected chi connectivity index (χ0v) is 21.6. The number of carbonyl (C=O) groups is 2. The molecule has 0 unspecified atom stereocenters. The van der Waals surface area contributed by atoms with Gasteiger partial charge in [0.1, 0.15) is 6.04 Å². The van der Waals surface area contributed by atoms with Crippen molar-refractivity contribution >= 4 is 23.4 Å². The zero-order valence-electron chi connectivity index (χ0n) is 20.8. The van der Waals surface area contributed by atoms with Gasteiger partial charge in [0.05, 0.1) is 0 Å². The van der Waals surface area contributed by atoms with Gasteiger partial charge >= 0.3 is 0 Å². The molecule has 0 aromatic heterocycles. The number of carbonyl (C=O) groups excluding carboxylic acids is 2. The van der Waals surface area contributed by atoms with E-state index in [4.69, 9.17) is 11.6 Å². The third kappa shape index (κ3) is 8.25. The highest BCUT2D eigenvalue weighted by atomic mass is 35.5. The Balaban J connectivity index is 1.90. The minimum atomic E-state index is -0.615. The molecule has 35 heavy (non-hydrogen) atoms. The quantitative estimate of drug-likeness (QED) is 0.358. The number of halogens is 1. The zero-order chi connectivity index (χ0) is 25.2. The maximum atomic E-state index is 13.7. The van der Waals surface area contributed by atoms with E-state index in [1.165, 1.54) is 0 Å². The van der Waals surface area contributed by atoms with Gasteiger partial charge in [0.2, 0.25) is 11.8 Å². The van der Waals surface area contributed by atoms with Gasteiger partial charge in [0.25, 0.3) is 0 Å². The highest BCUT2D eigenvalue weighted by Crippen LogP contribution is 2.20. The first-order valence-corrected chi connectivity index (χ1v) is 12.6. The van der Waals surface area contributed by atoms with Crippen molar-refractivity contribution in [1.29, 1.82) is 0 Å². The summed E-state index contributed by atoms with van der Waals surface area (Å²) in [5.41, 5.74) is 4.10. The Morgan fingerprint density at radius 1 is 0.886 bits per heavy atom. The van der Waals surface area contributed by atoms with E-state index in [2.05, 4.69) is 19.2 Å². The van der Waals surface area contributed by atoms with E-state index >= 15 is 0 Å². The molecule has 5 heteroatoms. The van der Waals surface area contributed by atoms with Crippen molar-refractivity contribution in [2.75, 3.05) is 6.54 Å². The number of aryl methyl sites for hydroxylation is 2. The largest absolute Gasteiger partial charge is 0.354 e. The molecule has 2 amide bonds. The average Bonchev–Trinajstić information content (AvgIpc) is 2.85. The summed E-state index contributed by atoms with van der Waals surface area (Å²) in [5, 5.41) is 3.72. The van der Waals surface area contributed by atoms with Crippen molar-refractivity contribution in [3.05, 3.63) is 106 Å². The summed E-state index contributed by atoms with van der Waals surface area (Å²) in [4.78, 5) is 28.9. The molecule has 0 fully saturated rings. The van der Waals surface area contributed by atoms with Crippen molar-refractivity contribution in [3.63, 3.8) is 0 Å². The van der Waals surface area contributed by atoms with Crippen LogP contribution in [0.4, 0.5) is 0 Å². The van der Waals surface area contributed by atoms with Crippen LogP contribution in [-0.2, 0) is 29.0 Å². The molecule has 0 aliphatic heterocycles. The maximum absolute atomic E-state index is 13.7. The molecule has 0 saturated carbocycles. The normalized spacial score (nSPS) is 11.8. The minimum Gasteiger partial charge on any atom is -0.354 e. The lowest BCUT2D eigenvalue weighted by Gasteiger charge is -2.32.